The van der Waals surface area contributed by atoms with E-state index in [9.17, 15) is 0 Å². The normalized spacial score (nSPS) is 41.0. The van der Waals surface area contributed by atoms with E-state index < -0.39 is 0 Å². The van der Waals surface area contributed by atoms with Crippen molar-refractivity contribution < 1.29 is 18.9 Å². The van der Waals surface area contributed by atoms with Crippen LogP contribution in [0.1, 0.15) is 78.1 Å². The molecule has 0 aromatic heterocycles. The van der Waals surface area contributed by atoms with E-state index in [1.54, 1.807) is 11.1 Å². The van der Waals surface area contributed by atoms with Crippen LogP contribution < -0.4 is 0 Å². The third kappa shape index (κ3) is 3.84. The smallest absolute Gasteiger partial charge is 0.180 e. The summed E-state index contributed by atoms with van der Waals surface area (Å²) in [5.41, 5.74) is 4.47. The summed E-state index contributed by atoms with van der Waals surface area (Å²) in [6.07, 6.45) is 12.2. The lowest BCUT2D eigenvalue weighted by Crippen LogP contribution is -2.33. The molecule has 2 saturated heterocycles. The molecule has 2 aliphatic heterocycles. The van der Waals surface area contributed by atoms with Crippen molar-refractivity contribution in [2.75, 3.05) is 39.6 Å². The maximum atomic E-state index is 6.27. The highest BCUT2D eigenvalue weighted by Gasteiger charge is 2.75. The van der Waals surface area contributed by atoms with Crippen molar-refractivity contribution in [3.8, 4) is 0 Å². The van der Waals surface area contributed by atoms with Crippen LogP contribution in [0.25, 0.3) is 0 Å². The highest BCUT2D eigenvalue weighted by atomic mass is 16.7. The summed E-state index contributed by atoms with van der Waals surface area (Å²) in [6, 6.07) is 0. The Morgan fingerprint density at radius 3 is 2.52 bits per heavy atom. The van der Waals surface area contributed by atoms with E-state index in [2.05, 4.69) is 13.8 Å². The molecule has 2 bridgehead atoms. The molecule has 1 spiro atoms. The quantitative estimate of drug-likeness (QED) is 0.601. The molecule has 164 valence electrons. The largest absolute Gasteiger partial charge is 0.381 e. The Hall–Kier alpha value is -0.420. The third-order valence-electron chi connectivity index (χ3n) is 8.68. The number of allylic oxidation sites excluding steroid dienone is 1. The van der Waals surface area contributed by atoms with Crippen LogP contribution in [0.4, 0.5) is 0 Å². The van der Waals surface area contributed by atoms with Crippen LogP contribution in [0, 0.1) is 22.2 Å². The van der Waals surface area contributed by atoms with Gasteiger partial charge in [0.15, 0.2) is 6.29 Å². The molecule has 0 N–H and O–H groups in total. The van der Waals surface area contributed by atoms with Crippen LogP contribution in [0.5, 0.6) is 0 Å². The summed E-state index contributed by atoms with van der Waals surface area (Å²) < 4.78 is 24.5. The molecule has 5 aliphatic rings. The number of fused-ring (bicyclic) bond motifs is 1. The third-order valence-corrected chi connectivity index (χ3v) is 8.68. The van der Waals surface area contributed by atoms with Crippen molar-refractivity contribution in [3.63, 3.8) is 0 Å². The van der Waals surface area contributed by atoms with Gasteiger partial charge in [0.05, 0.1) is 13.2 Å². The van der Waals surface area contributed by atoms with E-state index >= 15 is 0 Å². The molecule has 0 aromatic rings. The molecule has 0 amide bonds. The summed E-state index contributed by atoms with van der Waals surface area (Å²) >= 11 is 0. The first kappa shape index (κ1) is 20.5. The predicted molar refractivity (Wildman–Crippen MR) is 113 cm³/mol. The van der Waals surface area contributed by atoms with Gasteiger partial charge in [-0.05, 0) is 86.5 Å². The Morgan fingerprint density at radius 2 is 1.69 bits per heavy atom. The molecule has 4 fully saturated rings. The average Bonchev–Trinajstić information content (AvgIpc) is 3.01. The van der Waals surface area contributed by atoms with Gasteiger partial charge in [0.1, 0.15) is 0 Å². The van der Waals surface area contributed by atoms with E-state index in [0.717, 1.165) is 65.3 Å². The van der Waals surface area contributed by atoms with Crippen molar-refractivity contribution >= 4 is 0 Å². The Bertz CT molecular complexity index is 635. The van der Waals surface area contributed by atoms with E-state index in [4.69, 9.17) is 18.9 Å². The molecule has 3 unspecified atom stereocenters. The Balaban J connectivity index is 1.28. The van der Waals surface area contributed by atoms with Crippen molar-refractivity contribution in [1.29, 1.82) is 0 Å². The summed E-state index contributed by atoms with van der Waals surface area (Å²) in [5.74, 6) is 0.624. The Kier molecular flexibility index (Phi) is 5.60. The molecule has 2 saturated carbocycles. The lowest BCUT2D eigenvalue weighted by atomic mass is 9.77. The van der Waals surface area contributed by atoms with E-state index in [0.29, 0.717) is 22.2 Å². The zero-order valence-electron chi connectivity index (χ0n) is 18.6. The zero-order valence-corrected chi connectivity index (χ0v) is 18.6. The minimum absolute atomic E-state index is 0.0558. The van der Waals surface area contributed by atoms with Gasteiger partial charge >= 0.3 is 0 Å². The molecule has 5 rings (SSSR count). The van der Waals surface area contributed by atoms with Crippen LogP contribution in [-0.4, -0.2) is 45.9 Å². The average molecular weight is 405 g/mol. The van der Waals surface area contributed by atoms with E-state index in [-0.39, 0.29) is 6.29 Å². The van der Waals surface area contributed by atoms with Gasteiger partial charge in [-0.3, -0.25) is 0 Å². The number of hydrogen-bond acceptors (Lipinski definition) is 4. The monoisotopic (exact) mass is 404 g/mol. The minimum atomic E-state index is -0.0558. The van der Waals surface area contributed by atoms with Gasteiger partial charge in [0.25, 0.3) is 0 Å². The van der Waals surface area contributed by atoms with Crippen molar-refractivity contribution in [3.05, 3.63) is 11.1 Å². The van der Waals surface area contributed by atoms with Crippen molar-refractivity contribution in [1.82, 2.24) is 0 Å². The maximum absolute atomic E-state index is 6.27. The van der Waals surface area contributed by atoms with Crippen LogP contribution in [0.2, 0.25) is 0 Å². The molecule has 29 heavy (non-hydrogen) atoms. The number of rotatable bonds is 3. The maximum Gasteiger partial charge on any atom is 0.180 e. The zero-order chi connectivity index (χ0) is 20.0. The molecule has 2 heterocycles. The minimum Gasteiger partial charge on any atom is -0.381 e. The topological polar surface area (TPSA) is 36.9 Å². The fourth-order valence-electron chi connectivity index (χ4n) is 6.85. The van der Waals surface area contributed by atoms with Gasteiger partial charge in [0, 0.05) is 31.8 Å². The molecule has 4 nitrogen and oxygen atoms in total. The second-order valence-corrected chi connectivity index (χ2v) is 11.2. The van der Waals surface area contributed by atoms with E-state index in [1.807, 2.05) is 0 Å². The molecule has 3 aliphatic carbocycles. The summed E-state index contributed by atoms with van der Waals surface area (Å²) in [7, 11) is 0. The number of ether oxygens (including phenoxy) is 4. The fraction of sp³-hybridized carbons (Fsp3) is 0.920. The van der Waals surface area contributed by atoms with Gasteiger partial charge < -0.3 is 18.9 Å². The predicted octanol–water partition coefficient (Wildman–Crippen LogP) is 5.26. The molecule has 3 atom stereocenters. The molecule has 0 radical (unpaired) electrons. The SMILES string of the molecule is CC1(C)CCOCCCC(CC23CC24CCC(=C3C2OCCCO2)C4)COCC1. The lowest BCUT2D eigenvalue weighted by molar-refractivity contribution is -0.162. The Morgan fingerprint density at radius 1 is 0.897 bits per heavy atom. The standard InChI is InChI=1S/C25H40O4/c1-23(2)8-13-26-10-3-5-19(17-27-14-9-23)15-25-18-24(25)7-6-20(16-24)21(25)22-28-11-4-12-29-22/h19,22H,3-18H2,1-2H3. The van der Waals surface area contributed by atoms with Crippen LogP contribution in [0.3, 0.4) is 0 Å². The first-order valence-electron chi connectivity index (χ1n) is 12.1. The molecule has 4 heteroatoms. The molecular weight excluding hydrogens is 364 g/mol. The van der Waals surface area contributed by atoms with Gasteiger partial charge in [-0.2, -0.15) is 0 Å². The van der Waals surface area contributed by atoms with Gasteiger partial charge in [-0.25, -0.2) is 0 Å². The fourth-order valence-corrected chi connectivity index (χ4v) is 6.85. The van der Waals surface area contributed by atoms with Crippen LogP contribution in [0.15, 0.2) is 11.1 Å². The summed E-state index contributed by atoms with van der Waals surface area (Å²) in [5, 5.41) is 0. The molecule has 0 aromatic carbocycles. The van der Waals surface area contributed by atoms with Gasteiger partial charge in [-0.15, -0.1) is 0 Å². The second kappa shape index (κ2) is 7.93. The first-order chi connectivity index (χ1) is 14.0. The van der Waals surface area contributed by atoms with Crippen LogP contribution in [-0.2, 0) is 18.9 Å². The van der Waals surface area contributed by atoms with Crippen molar-refractivity contribution in [2.24, 2.45) is 22.2 Å². The molecular formula is C25H40O4. The van der Waals surface area contributed by atoms with Gasteiger partial charge in [0.2, 0.25) is 0 Å². The first-order valence-corrected chi connectivity index (χ1v) is 12.1. The summed E-state index contributed by atoms with van der Waals surface area (Å²) in [4.78, 5) is 0. The number of hydrogen-bond donors (Lipinski definition) is 0. The highest BCUT2D eigenvalue weighted by Crippen LogP contribution is 2.83. The lowest BCUT2D eigenvalue weighted by Gasteiger charge is -2.35. The second-order valence-electron chi connectivity index (χ2n) is 11.2. The van der Waals surface area contributed by atoms with Crippen molar-refractivity contribution in [2.45, 2.75) is 84.3 Å². The highest BCUT2D eigenvalue weighted by molar-refractivity contribution is 5.48. The van der Waals surface area contributed by atoms with Crippen LogP contribution >= 0.6 is 0 Å². The summed E-state index contributed by atoms with van der Waals surface area (Å²) in [6.45, 7) is 9.95. The van der Waals surface area contributed by atoms with E-state index in [1.165, 1.54) is 38.5 Å². The Labute approximate surface area is 176 Å². The van der Waals surface area contributed by atoms with Gasteiger partial charge in [-0.1, -0.05) is 19.4 Å².